The van der Waals surface area contributed by atoms with Gasteiger partial charge in [-0.2, -0.15) is 0 Å². The van der Waals surface area contributed by atoms with Crippen LogP contribution in [0.2, 0.25) is 0 Å². The zero-order valence-corrected chi connectivity index (χ0v) is 8.94. The summed E-state index contributed by atoms with van der Waals surface area (Å²) in [5.41, 5.74) is 2.18. The van der Waals surface area contributed by atoms with Crippen molar-refractivity contribution in [3.8, 4) is 0 Å². The lowest BCUT2D eigenvalue weighted by atomic mass is 10.3. The van der Waals surface area contributed by atoms with Gasteiger partial charge in [0.2, 0.25) is 0 Å². The summed E-state index contributed by atoms with van der Waals surface area (Å²) < 4.78 is 2.00. The third kappa shape index (κ3) is 2.34. The third-order valence-electron chi connectivity index (χ3n) is 2.25. The topological polar surface area (TPSA) is 42.7 Å². The molecule has 0 saturated heterocycles. The van der Waals surface area contributed by atoms with E-state index in [0.29, 0.717) is 6.54 Å². The zero-order valence-electron chi connectivity index (χ0n) is 8.94. The lowest BCUT2D eigenvalue weighted by Gasteiger charge is -2.06. The van der Waals surface area contributed by atoms with Crippen molar-refractivity contribution in [2.45, 2.75) is 13.5 Å². The van der Waals surface area contributed by atoms with Crippen molar-refractivity contribution in [2.24, 2.45) is 7.05 Å². The van der Waals surface area contributed by atoms with Gasteiger partial charge in [-0.3, -0.25) is 4.98 Å². The number of aromatic nitrogens is 3. The fraction of sp³-hybridized carbons (Fsp3) is 0.273. The molecule has 1 N–H and O–H groups in total. The second-order valence-corrected chi connectivity index (χ2v) is 3.56. The van der Waals surface area contributed by atoms with E-state index in [1.54, 1.807) is 6.20 Å². The van der Waals surface area contributed by atoms with Crippen molar-refractivity contribution in [3.05, 3.63) is 42.2 Å². The van der Waals surface area contributed by atoms with Crippen molar-refractivity contribution in [2.75, 3.05) is 5.32 Å². The molecule has 4 nitrogen and oxygen atoms in total. The molecule has 0 aromatic carbocycles. The minimum atomic E-state index is 0.717. The molecule has 0 amide bonds. The molecule has 0 aliphatic rings. The molecule has 2 aromatic heterocycles. The molecule has 2 aromatic rings. The highest BCUT2D eigenvalue weighted by molar-refractivity contribution is 5.42. The summed E-state index contributed by atoms with van der Waals surface area (Å²) in [4.78, 5) is 8.35. The van der Waals surface area contributed by atoms with Gasteiger partial charge in [0, 0.05) is 31.8 Å². The number of nitrogens with zero attached hydrogens (tertiary/aromatic N) is 3. The Morgan fingerprint density at radius 2 is 2.27 bits per heavy atom. The first kappa shape index (κ1) is 9.71. The molecule has 0 radical (unpaired) electrons. The predicted octanol–water partition coefficient (Wildman–Crippen LogP) is 1.74. The molecule has 4 heteroatoms. The lowest BCUT2D eigenvalue weighted by Crippen LogP contribution is -2.05. The first-order valence-electron chi connectivity index (χ1n) is 4.87. The van der Waals surface area contributed by atoms with Crippen molar-refractivity contribution in [1.82, 2.24) is 14.5 Å². The van der Waals surface area contributed by atoms with Crippen LogP contribution in [0, 0.1) is 6.92 Å². The Labute approximate surface area is 89.0 Å². The quantitative estimate of drug-likeness (QED) is 0.824. The van der Waals surface area contributed by atoms with Crippen molar-refractivity contribution < 1.29 is 0 Å². The second-order valence-electron chi connectivity index (χ2n) is 3.56. The number of hydrogen-bond donors (Lipinski definition) is 1. The van der Waals surface area contributed by atoms with Gasteiger partial charge in [-0.1, -0.05) is 0 Å². The second kappa shape index (κ2) is 4.13. The molecule has 0 saturated carbocycles. The maximum absolute atomic E-state index is 4.23. The summed E-state index contributed by atoms with van der Waals surface area (Å²) in [5, 5.41) is 3.28. The summed E-state index contributed by atoms with van der Waals surface area (Å²) in [6, 6.07) is 2.07. The number of rotatable bonds is 3. The Hall–Kier alpha value is -1.84. The molecule has 15 heavy (non-hydrogen) atoms. The molecule has 0 fully saturated rings. The average Bonchev–Trinajstić information content (AvgIpc) is 2.61. The van der Waals surface area contributed by atoms with Crippen LogP contribution in [-0.4, -0.2) is 14.5 Å². The first-order valence-corrected chi connectivity index (χ1v) is 4.87. The summed E-state index contributed by atoms with van der Waals surface area (Å²) in [5.74, 6) is 1.01. The van der Waals surface area contributed by atoms with Crippen LogP contribution in [0.5, 0.6) is 0 Å². The van der Waals surface area contributed by atoms with E-state index >= 15 is 0 Å². The van der Waals surface area contributed by atoms with Gasteiger partial charge < -0.3 is 9.88 Å². The molecule has 2 rings (SSSR count). The Bertz CT molecular complexity index is 447. The van der Waals surface area contributed by atoms with E-state index < -0.39 is 0 Å². The first-order chi connectivity index (χ1) is 7.25. The van der Waals surface area contributed by atoms with Crippen LogP contribution in [0.4, 0.5) is 5.69 Å². The van der Waals surface area contributed by atoms with E-state index in [2.05, 4.69) is 21.4 Å². The van der Waals surface area contributed by atoms with Crippen molar-refractivity contribution in [3.63, 3.8) is 0 Å². The van der Waals surface area contributed by atoms with Gasteiger partial charge in [0.1, 0.15) is 5.82 Å². The van der Waals surface area contributed by atoms with Crippen LogP contribution in [0.3, 0.4) is 0 Å². The van der Waals surface area contributed by atoms with Crippen LogP contribution < -0.4 is 5.32 Å². The Balaban J connectivity index is 2.02. The highest BCUT2D eigenvalue weighted by Gasteiger charge is 1.98. The standard InChI is InChI=1S/C11H14N4/c1-9-5-10(7-12-6-9)14-8-11-13-3-4-15(11)2/h3-7,14H,8H2,1-2H3. The fourth-order valence-corrected chi connectivity index (χ4v) is 1.40. The summed E-state index contributed by atoms with van der Waals surface area (Å²) >= 11 is 0. The number of anilines is 1. The molecule has 78 valence electrons. The molecule has 2 heterocycles. The highest BCUT2D eigenvalue weighted by atomic mass is 15.1. The van der Waals surface area contributed by atoms with Gasteiger partial charge in [-0.05, 0) is 18.6 Å². The smallest absolute Gasteiger partial charge is 0.127 e. The van der Waals surface area contributed by atoms with Crippen LogP contribution in [0.15, 0.2) is 30.9 Å². The fourth-order valence-electron chi connectivity index (χ4n) is 1.40. The molecular weight excluding hydrogens is 188 g/mol. The number of imidazole rings is 1. The van der Waals surface area contributed by atoms with Gasteiger partial charge in [-0.25, -0.2) is 4.98 Å². The van der Waals surface area contributed by atoms with Gasteiger partial charge in [0.05, 0.1) is 12.2 Å². The van der Waals surface area contributed by atoms with Gasteiger partial charge in [-0.15, -0.1) is 0 Å². The molecule has 0 unspecified atom stereocenters. The Kier molecular flexibility index (Phi) is 2.67. The van der Waals surface area contributed by atoms with Gasteiger partial charge in [0.15, 0.2) is 0 Å². The summed E-state index contributed by atoms with van der Waals surface area (Å²) in [6.07, 6.45) is 7.39. The average molecular weight is 202 g/mol. The maximum atomic E-state index is 4.23. The normalized spacial score (nSPS) is 10.3. The molecular formula is C11H14N4. The largest absolute Gasteiger partial charge is 0.377 e. The van der Waals surface area contributed by atoms with E-state index in [1.807, 2.05) is 37.1 Å². The number of pyridine rings is 1. The number of nitrogens with one attached hydrogen (secondary N) is 1. The number of hydrogen-bond acceptors (Lipinski definition) is 3. The van der Waals surface area contributed by atoms with E-state index in [4.69, 9.17) is 0 Å². The summed E-state index contributed by atoms with van der Waals surface area (Å²) in [7, 11) is 1.98. The van der Waals surface area contributed by atoms with E-state index in [1.165, 1.54) is 0 Å². The van der Waals surface area contributed by atoms with Crippen LogP contribution in [-0.2, 0) is 13.6 Å². The maximum Gasteiger partial charge on any atom is 0.127 e. The van der Waals surface area contributed by atoms with Crippen LogP contribution in [0.1, 0.15) is 11.4 Å². The van der Waals surface area contributed by atoms with Crippen LogP contribution >= 0.6 is 0 Å². The Morgan fingerprint density at radius 1 is 1.40 bits per heavy atom. The van der Waals surface area contributed by atoms with Crippen molar-refractivity contribution >= 4 is 5.69 Å². The van der Waals surface area contributed by atoms with E-state index in [-0.39, 0.29) is 0 Å². The zero-order chi connectivity index (χ0) is 10.7. The molecule has 0 aliphatic heterocycles. The highest BCUT2D eigenvalue weighted by Crippen LogP contribution is 2.08. The molecule has 0 bridgehead atoms. The third-order valence-corrected chi connectivity index (χ3v) is 2.25. The molecule has 0 aliphatic carbocycles. The van der Waals surface area contributed by atoms with E-state index in [0.717, 1.165) is 17.1 Å². The molecule has 0 atom stereocenters. The Morgan fingerprint density at radius 3 is 2.93 bits per heavy atom. The minimum Gasteiger partial charge on any atom is -0.377 e. The lowest BCUT2D eigenvalue weighted by molar-refractivity contribution is 0.812. The monoisotopic (exact) mass is 202 g/mol. The molecule has 0 spiro atoms. The van der Waals surface area contributed by atoms with E-state index in [9.17, 15) is 0 Å². The van der Waals surface area contributed by atoms with Gasteiger partial charge in [0.25, 0.3) is 0 Å². The van der Waals surface area contributed by atoms with Crippen LogP contribution in [0.25, 0.3) is 0 Å². The predicted molar refractivity (Wildman–Crippen MR) is 59.5 cm³/mol. The SMILES string of the molecule is Cc1cncc(NCc2nccn2C)c1. The van der Waals surface area contributed by atoms with Crippen molar-refractivity contribution in [1.29, 1.82) is 0 Å². The number of aryl methyl sites for hydroxylation is 2. The van der Waals surface area contributed by atoms with Gasteiger partial charge >= 0.3 is 0 Å². The summed E-state index contributed by atoms with van der Waals surface area (Å²) in [6.45, 7) is 2.74. The minimum absolute atomic E-state index is 0.717.